The number of carbonyl (C=O) groups excluding carboxylic acids is 2. The number of carbonyl (C=O) groups is 2. The van der Waals surface area contributed by atoms with E-state index in [0.717, 1.165) is 0 Å². The zero-order valence-electron chi connectivity index (χ0n) is 9.54. The summed E-state index contributed by atoms with van der Waals surface area (Å²) < 4.78 is 5.08. The van der Waals surface area contributed by atoms with E-state index in [1.54, 1.807) is 18.2 Å². The van der Waals surface area contributed by atoms with Crippen molar-refractivity contribution in [2.75, 3.05) is 23.6 Å². The highest BCUT2D eigenvalue weighted by Gasteiger charge is 2.07. The van der Waals surface area contributed by atoms with Gasteiger partial charge in [-0.25, -0.2) is 0 Å². The molecule has 2 amide bonds. The van der Waals surface area contributed by atoms with E-state index < -0.39 is 0 Å². The third kappa shape index (κ3) is 3.96. The summed E-state index contributed by atoms with van der Waals surface area (Å²) in [4.78, 5) is 22.1. The number of halogens is 1. The first kappa shape index (κ1) is 13.3. The van der Waals surface area contributed by atoms with E-state index in [4.69, 9.17) is 16.3 Å². The number of benzene rings is 1. The molecule has 92 valence electrons. The Morgan fingerprint density at radius 2 is 2.06 bits per heavy atom. The van der Waals surface area contributed by atoms with Crippen LogP contribution in [0.1, 0.15) is 6.92 Å². The summed E-state index contributed by atoms with van der Waals surface area (Å²) in [5, 5.41) is 5.19. The third-order valence-corrected chi connectivity index (χ3v) is 2.16. The summed E-state index contributed by atoms with van der Waals surface area (Å²) in [7, 11) is 1.50. The second-order valence-electron chi connectivity index (χ2n) is 3.28. The first-order chi connectivity index (χ1) is 8.06. The van der Waals surface area contributed by atoms with Crippen molar-refractivity contribution >= 4 is 34.8 Å². The molecule has 0 saturated heterocycles. The van der Waals surface area contributed by atoms with Crippen LogP contribution in [0.5, 0.6) is 5.75 Å². The molecule has 0 saturated carbocycles. The van der Waals surface area contributed by atoms with Gasteiger partial charge in [0, 0.05) is 12.6 Å². The SMILES string of the molecule is COc1ccc(NC(=O)CCl)cc1NC(C)=O. The predicted molar refractivity (Wildman–Crippen MR) is 66.6 cm³/mol. The highest BCUT2D eigenvalue weighted by molar-refractivity contribution is 6.29. The zero-order valence-corrected chi connectivity index (χ0v) is 10.3. The number of ether oxygens (including phenoxy) is 1. The molecule has 0 heterocycles. The maximum atomic E-state index is 11.1. The van der Waals surface area contributed by atoms with Gasteiger partial charge in [-0.2, -0.15) is 0 Å². The van der Waals surface area contributed by atoms with Gasteiger partial charge in [-0.15, -0.1) is 11.6 Å². The number of amides is 2. The first-order valence-corrected chi connectivity index (χ1v) is 5.41. The molecule has 1 aromatic rings. The molecule has 1 aromatic carbocycles. The number of anilines is 2. The highest BCUT2D eigenvalue weighted by atomic mass is 35.5. The molecule has 0 bridgehead atoms. The molecular formula is C11H13ClN2O3. The summed E-state index contributed by atoms with van der Waals surface area (Å²) in [5.74, 6) is -0.139. The number of methoxy groups -OCH3 is 1. The molecule has 0 atom stereocenters. The van der Waals surface area contributed by atoms with Crippen LogP contribution < -0.4 is 15.4 Å². The van der Waals surface area contributed by atoms with Gasteiger partial charge < -0.3 is 15.4 Å². The molecule has 6 heteroatoms. The van der Waals surface area contributed by atoms with Crippen LogP contribution in [0.4, 0.5) is 11.4 Å². The fourth-order valence-corrected chi connectivity index (χ4v) is 1.33. The van der Waals surface area contributed by atoms with Gasteiger partial charge in [-0.1, -0.05) is 0 Å². The van der Waals surface area contributed by atoms with Gasteiger partial charge in [-0.3, -0.25) is 9.59 Å². The van der Waals surface area contributed by atoms with Crippen LogP contribution in [0, 0.1) is 0 Å². The smallest absolute Gasteiger partial charge is 0.239 e. The quantitative estimate of drug-likeness (QED) is 0.808. The second-order valence-corrected chi connectivity index (χ2v) is 3.55. The van der Waals surface area contributed by atoms with Crippen LogP contribution in [0.15, 0.2) is 18.2 Å². The average Bonchev–Trinajstić information content (AvgIpc) is 2.28. The van der Waals surface area contributed by atoms with E-state index in [-0.39, 0.29) is 17.7 Å². The molecule has 0 aliphatic rings. The van der Waals surface area contributed by atoms with E-state index in [2.05, 4.69) is 10.6 Å². The Kier molecular flexibility index (Phi) is 4.78. The van der Waals surface area contributed by atoms with Crippen LogP contribution in [-0.4, -0.2) is 24.8 Å². The van der Waals surface area contributed by atoms with Gasteiger partial charge >= 0.3 is 0 Å². The van der Waals surface area contributed by atoms with Crippen molar-refractivity contribution in [1.29, 1.82) is 0 Å². The fraction of sp³-hybridized carbons (Fsp3) is 0.273. The van der Waals surface area contributed by atoms with Gasteiger partial charge in [0.05, 0.1) is 12.8 Å². The molecule has 0 aromatic heterocycles. The van der Waals surface area contributed by atoms with E-state index in [1.807, 2.05) is 0 Å². The molecule has 0 spiro atoms. The average molecular weight is 257 g/mol. The number of hydrogen-bond acceptors (Lipinski definition) is 3. The lowest BCUT2D eigenvalue weighted by molar-refractivity contribution is -0.114. The van der Waals surface area contributed by atoms with Crippen molar-refractivity contribution in [1.82, 2.24) is 0 Å². The monoisotopic (exact) mass is 256 g/mol. The van der Waals surface area contributed by atoms with Crippen molar-refractivity contribution in [2.24, 2.45) is 0 Å². The number of rotatable bonds is 4. The number of alkyl halides is 1. The molecule has 2 N–H and O–H groups in total. The Bertz CT molecular complexity index is 435. The Balaban J connectivity index is 2.95. The molecule has 0 radical (unpaired) electrons. The van der Waals surface area contributed by atoms with E-state index >= 15 is 0 Å². The lowest BCUT2D eigenvalue weighted by atomic mass is 10.2. The highest BCUT2D eigenvalue weighted by Crippen LogP contribution is 2.27. The Labute approximate surface area is 104 Å². The number of hydrogen-bond donors (Lipinski definition) is 2. The lowest BCUT2D eigenvalue weighted by Gasteiger charge is -2.11. The molecule has 0 aliphatic carbocycles. The normalized spacial score (nSPS) is 9.59. The zero-order chi connectivity index (χ0) is 12.8. The van der Waals surface area contributed by atoms with Crippen molar-refractivity contribution in [3.63, 3.8) is 0 Å². The fourth-order valence-electron chi connectivity index (χ4n) is 1.27. The van der Waals surface area contributed by atoms with E-state index in [0.29, 0.717) is 17.1 Å². The maximum Gasteiger partial charge on any atom is 0.239 e. The van der Waals surface area contributed by atoms with Crippen LogP contribution in [0.2, 0.25) is 0 Å². The minimum Gasteiger partial charge on any atom is -0.495 e. The van der Waals surface area contributed by atoms with Crippen LogP contribution in [-0.2, 0) is 9.59 Å². The Morgan fingerprint density at radius 1 is 1.35 bits per heavy atom. The minimum atomic E-state index is -0.314. The topological polar surface area (TPSA) is 67.4 Å². The third-order valence-electron chi connectivity index (χ3n) is 1.92. The van der Waals surface area contributed by atoms with Crippen molar-refractivity contribution in [3.8, 4) is 5.75 Å². The van der Waals surface area contributed by atoms with Gasteiger partial charge in [0.2, 0.25) is 11.8 Å². The summed E-state index contributed by atoms with van der Waals surface area (Å²) >= 11 is 5.38. The lowest BCUT2D eigenvalue weighted by Crippen LogP contribution is -2.13. The maximum absolute atomic E-state index is 11.1. The molecule has 0 aliphatic heterocycles. The van der Waals surface area contributed by atoms with Crippen molar-refractivity contribution < 1.29 is 14.3 Å². The first-order valence-electron chi connectivity index (χ1n) is 4.88. The minimum absolute atomic E-state index is 0.124. The van der Waals surface area contributed by atoms with Crippen LogP contribution in [0.3, 0.4) is 0 Å². The van der Waals surface area contributed by atoms with Crippen molar-refractivity contribution in [3.05, 3.63) is 18.2 Å². The number of nitrogens with one attached hydrogen (secondary N) is 2. The standard InChI is InChI=1S/C11H13ClN2O3/c1-7(15)13-9-5-8(14-11(16)6-12)3-4-10(9)17-2/h3-5H,6H2,1-2H3,(H,13,15)(H,14,16). The van der Waals surface area contributed by atoms with Gasteiger partial charge in [0.1, 0.15) is 11.6 Å². The van der Waals surface area contributed by atoms with Crippen LogP contribution in [0.25, 0.3) is 0 Å². The molecular weight excluding hydrogens is 244 g/mol. The molecule has 5 nitrogen and oxygen atoms in total. The predicted octanol–water partition coefficient (Wildman–Crippen LogP) is 1.83. The largest absolute Gasteiger partial charge is 0.495 e. The molecule has 0 unspecified atom stereocenters. The van der Waals surface area contributed by atoms with Gasteiger partial charge in [-0.05, 0) is 18.2 Å². The van der Waals surface area contributed by atoms with Crippen LogP contribution >= 0.6 is 11.6 Å². The Morgan fingerprint density at radius 3 is 2.59 bits per heavy atom. The Hall–Kier alpha value is -1.75. The summed E-state index contributed by atoms with van der Waals surface area (Å²) in [6.45, 7) is 1.39. The molecule has 1 rings (SSSR count). The van der Waals surface area contributed by atoms with Crippen molar-refractivity contribution in [2.45, 2.75) is 6.92 Å². The van der Waals surface area contributed by atoms with Gasteiger partial charge in [0.25, 0.3) is 0 Å². The van der Waals surface area contributed by atoms with Gasteiger partial charge in [0.15, 0.2) is 0 Å². The van der Waals surface area contributed by atoms with E-state index in [9.17, 15) is 9.59 Å². The summed E-state index contributed by atoms with van der Waals surface area (Å²) in [6, 6.07) is 4.91. The van der Waals surface area contributed by atoms with E-state index in [1.165, 1.54) is 14.0 Å². The summed E-state index contributed by atoms with van der Waals surface area (Å²) in [5.41, 5.74) is 1.03. The molecule has 0 fully saturated rings. The second kappa shape index (κ2) is 6.10. The molecule has 17 heavy (non-hydrogen) atoms. The summed E-state index contributed by atoms with van der Waals surface area (Å²) in [6.07, 6.45) is 0.